The maximum Gasteiger partial charge on any atom is 0.263 e. The second-order valence-corrected chi connectivity index (χ2v) is 9.63. The first-order valence-corrected chi connectivity index (χ1v) is 11.2. The fraction of sp³-hybridized carbons (Fsp3) is 0.478. The largest absolute Gasteiger partial charge is 0.306 e. The Hall–Kier alpha value is -1.98. The van der Waals surface area contributed by atoms with Crippen molar-refractivity contribution in [1.82, 2.24) is 14.5 Å². The van der Waals surface area contributed by atoms with Crippen LogP contribution in [0.15, 0.2) is 35.1 Å². The topological polar surface area (TPSA) is 38.1 Å². The lowest BCUT2D eigenvalue weighted by molar-refractivity contribution is 0.219. The number of rotatable bonds is 2. The van der Waals surface area contributed by atoms with Crippen molar-refractivity contribution in [2.75, 3.05) is 20.1 Å². The molecule has 4 nitrogen and oxygen atoms in total. The van der Waals surface area contributed by atoms with Crippen LogP contribution < -0.4 is 5.56 Å². The Labute approximate surface area is 169 Å². The van der Waals surface area contributed by atoms with Crippen LogP contribution in [-0.2, 0) is 12.8 Å². The monoisotopic (exact) mass is 393 g/mol. The Morgan fingerprint density at radius 2 is 1.86 bits per heavy atom. The number of piperidine rings is 1. The van der Waals surface area contributed by atoms with E-state index in [9.17, 15) is 4.79 Å². The lowest BCUT2D eigenvalue weighted by Gasteiger charge is -2.31. The maximum atomic E-state index is 13.8. The molecule has 1 aliphatic carbocycles. The van der Waals surface area contributed by atoms with Crippen LogP contribution in [0.2, 0.25) is 0 Å². The highest BCUT2D eigenvalue weighted by molar-refractivity contribution is 7.18. The number of hydrogen-bond acceptors (Lipinski definition) is 4. The molecule has 3 heterocycles. The molecular formula is C23H27N3OS. The van der Waals surface area contributed by atoms with E-state index in [0.29, 0.717) is 5.92 Å². The third-order valence-corrected chi connectivity index (χ3v) is 7.59. The average molecular weight is 394 g/mol. The van der Waals surface area contributed by atoms with Crippen LogP contribution in [0.3, 0.4) is 0 Å². The fourth-order valence-electron chi connectivity index (χ4n) is 4.79. The van der Waals surface area contributed by atoms with E-state index in [1.807, 2.05) is 22.8 Å². The van der Waals surface area contributed by atoms with Crippen molar-refractivity contribution in [3.63, 3.8) is 0 Å². The average Bonchev–Trinajstić information content (AvgIpc) is 3.07. The van der Waals surface area contributed by atoms with Gasteiger partial charge in [-0.2, -0.15) is 0 Å². The quantitative estimate of drug-likeness (QED) is 0.643. The number of nitrogens with zero attached hydrogens (tertiary/aromatic N) is 3. The molecule has 1 saturated heterocycles. The first kappa shape index (κ1) is 18.1. The van der Waals surface area contributed by atoms with Crippen molar-refractivity contribution >= 4 is 21.6 Å². The van der Waals surface area contributed by atoms with Crippen LogP contribution in [0.5, 0.6) is 0 Å². The zero-order valence-electron chi connectivity index (χ0n) is 16.6. The van der Waals surface area contributed by atoms with Crippen molar-refractivity contribution in [3.8, 4) is 11.4 Å². The summed E-state index contributed by atoms with van der Waals surface area (Å²) in [6.45, 7) is 4.37. The number of fused-ring (bicyclic) bond motifs is 3. The molecule has 0 saturated carbocycles. The van der Waals surface area contributed by atoms with Crippen molar-refractivity contribution < 1.29 is 0 Å². The van der Waals surface area contributed by atoms with E-state index in [1.165, 1.54) is 16.9 Å². The van der Waals surface area contributed by atoms with Crippen LogP contribution in [0.25, 0.3) is 21.6 Å². The summed E-state index contributed by atoms with van der Waals surface area (Å²) in [6, 6.07) is 10.5. The number of likely N-dealkylation sites (tertiary alicyclic amines) is 1. The molecule has 5 rings (SSSR count). The molecule has 0 spiro atoms. The van der Waals surface area contributed by atoms with Gasteiger partial charge in [-0.15, -0.1) is 11.3 Å². The van der Waals surface area contributed by atoms with E-state index in [4.69, 9.17) is 4.98 Å². The summed E-state index contributed by atoms with van der Waals surface area (Å²) in [7, 11) is 2.16. The summed E-state index contributed by atoms with van der Waals surface area (Å²) >= 11 is 1.75. The van der Waals surface area contributed by atoms with Gasteiger partial charge in [0.1, 0.15) is 10.7 Å². The van der Waals surface area contributed by atoms with Gasteiger partial charge in [-0.1, -0.05) is 37.3 Å². The first-order chi connectivity index (χ1) is 13.6. The van der Waals surface area contributed by atoms with Crippen molar-refractivity contribution in [2.45, 2.75) is 45.1 Å². The molecule has 0 amide bonds. The third-order valence-electron chi connectivity index (χ3n) is 6.45. The highest BCUT2D eigenvalue weighted by Crippen LogP contribution is 2.37. The van der Waals surface area contributed by atoms with Gasteiger partial charge in [0.2, 0.25) is 0 Å². The van der Waals surface area contributed by atoms with Crippen LogP contribution in [-0.4, -0.2) is 34.6 Å². The Morgan fingerprint density at radius 1 is 1.11 bits per heavy atom. The smallest absolute Gasteiger partial charge is 0.263 e. The van der Waals surface area contributed by atoms with Gasteiger partial charge in [0.15, 0.2) is 0 Å². The summed E-state index contributed by atoms with van der Waals surface area (Å²) < 4.78 is 2.04. The number of thiophene rings is 1. The highest BCUT2D eigenvalue weighted by Gasteiger charge is 2.28. The number of aromatic nitrogens is 2. The number of aryl methyl sites for hydroxylation is 1. The van der Waals surface area contributed by atoms with Crippen LogP contribution in [0, 0.1) is 5.92 Å². The Bertz CT molecular complexity index is 1060. The van der Waals surface area contributed by atoms with Crippen LogP contribution >= 0.6 is 11.3 Å². The maximum absolute atomic E-state index is 13.8. The fourth-order valence-corrected chi connectivity index (χ4v) is 6.16. The number of hydrogen-bond donors (Lipinski definition) is 0. The minimum Gasteiger partial charge on any atom is -0.306 e. The van der Waals surface area contributed by atoms with Gasteiger partial charge in [-0.05, 0) is 63.7 Å². The molecule has 28 heavy (non-hydrogen) atoms. The molecule has 2 aliphatic rings. The van der Waals surface area contributed by atoms with Gasteiger partial charge in [0, 0.05) is 16.5 Å². The summed E-state index contributed by atoms with van der Waals surface area (Å²) in [5, 5.41) is 0.908. The zero-order valence-corrected chi connectivity index (χ0v) is 17.5. The molecule has 1 aliphatic heterocycles. The molecule has 0 bridgehead atoms. The summed E-state index contributed by atoms with van der Waals surface area (Å²) in [6.07, 6.45) is 5.29. The molecule has 1 unspecified atom stereocenters. The molecule has 146 valence electrons. The number of benzene rings is 1. The molecule has 0 N–H and O–H groups in total. The van der Waals surface area contributed by atoms with E-state index in [0.717, 1.165) is 60.4 Å². The lowest BCUT2D eigenvalue weighted by Crippen LogP contribution is -2.36. The summed E-state index contributed by atoms with van der Waals surface area (Å²) in [4.78, 5) is 23.6. The Kier molecular flexibility index (Phi) is 4.60. The molecule has 2 aromatic heterocycles. The van der Waals surface area contributed by atoms with Crippen LogP contribution in [0.4, 0.5) is 0 Å². The molecule has 0 radical (unpaired) electrons. The minimum atomic E-state index is 0.186. The van der Waals surface area contributed by atoms with Gasteiger partial charge < -0.3 is 4.90 Å². The second kappa shape index (κ2) is 7.12. The second-order valence-electron chi connectivity index (χ2n) is 8.54. The van der Waals surface area contributed by atoms with E-state index in [1.54, 1.807) is 11.3 Å². The predicted octanol–water partition coefficient (Wildman–Crippen LogP) is 4.52. The molecule has 1 atom stereocenters. The lowest BCUT2D eigenvalue weighted by atomic mass is 9.89. The Balaban J connectivity index is 1.75. The summed E-state index contributed by atoms with van der Waals surface area (Å²) in [5.74, 6) is 1.55. The third kappa shape index (κ3) is 3.01. The normalized spacial score (nSPS) is 21.1. The highest BCUT2D eigenvalue weighted by atomic mass is 32.1. The van der Waals surface area contributed by atoms with E-state index >= 15 is 0 Å². The first-order valence-electron chi connectivity index (χ1n) is 10.4. The SMILES string of the molecule is CC1CCc2c(sc3nc(-c4ccccc4)n(C4CCN(C)CC4)c(=O)c23)C1. The molecule has 3 aromatic rings. The van der Waals surface area contributed by atoms with Gasteiger partial charge >= 0.3 is 0 Å². The van der Waals surface area contributed by atoms with Gasteiger partial charge in [0.05, 0.1) is 5.39 Å². The van der Waals surface area contributed by atoms with E-state index < -0.39 is 0 Å². The van der Waals surface area contributed by atoms with Gasteiger partial charge in [-0.25, -0.2) is 4.98 Å². The van der Waals surface area contributed by atoms with Crippen LogP contribution in [0.1, 0.15) is 42.7 Å². The van der Waals surface area contributed by atoms with Crippen molar-refractivity contribution in [2.24, 2.45) is 5.92 Å². The van der Waals surface area contributed by atoms with Crippen molar-refractivity contribution in [3.05, 3.63) is 51.1 Å². The van der Waals surface area contributed by atoms with E-state index in [2.05, 4.69) is 31.0 Å². The molecule has 5 heteroatoms. The minimum absolute atomic E-state index is 0.186. The van der Waals surface area contributed by atoms with Gasteiger partial charge in [-0.3, -0.25) is 9.36 Å². The molecular weight excluding hydrogens is 366 g/mol. The van der Waals surface area contributed by atoms with Gasteiger partial charge in [0.25, 0.3) is 5.56 Å². The molecule has 1 fully saturated rings. The standard InChI is InChI=1S/C23H27N3OS/c1-15-8-9-18-19(14-15)28-22-20(18)23(27)26(17-10-12-25(2)13-11-17)21(24-22)16-6-4-3-5-7-16/h3-7,15,17H,8-14H2,1-2H3. The predicted molar refractivity (Wildman–Crippen MR) is 116 cm³/mol. The zero-order chi connectivity index (χ0) is 19.3. The van der Waals surface area contributed by atoms with E-state index in [-0.39, 0.29) is 11.6 Å². The molecule has 1 aromatic carbocycles. The van der Waals surface area contributed by atoms with Crippen molar-refractivity contribution in [1.29, 1.82) is 0 Å². The summed E-state index contributed by atoms with van der Waals surface area (Å²) in [5.41, 5.74) is 2.52. The Morgan fingerprint density at radius 3 is 2.61 bits per heavy atom.